The molecule has 0 saturated carbocycles. The number of alkyl halides is 3. The molecule has 0 atom stereocenters. The molecule has 2 rings (SSSR count). The maximum Gasteiger partial charge on any atom is 0.573 e. The SMILES string of the molecule is CNC(=S)NS(=O)(=O)c1sc(CCNC(=O)c2cc(Cl)ccc2OC)cc1OC(F)(F)F. The first kappa shape index (κ1) is 26.0. The second-order valence-corrected chi connectivity index (χ2v) is 9.81. The molecule has 32 heavy (non-hydrogen) atoms. The Morgan fingerprint density at radius 2 is 1.94 bits per heavy atom. The van der Waals surface area contributed by atoms with E-state index in [2.05, 4.69) is 15.4 Å². The number of nitrogens with one attached hydrogen (secondary N) is 3. The molecule has 0 bridgehead atoms. The van der Waals surface area contributed by atoms with Gasteiger partial charge in [0, 0.05) is 23.5 Å². The smallest absolute Gasteiger partial charge is 0.496 e. The van der Waals surface area contributed by atoms with Crippen LogP contribution in [0.5, 0.6) is 11.5 Å². The van der Waals surface area contributed by atoms with Crippen LogP contribution in [0.2, 0.25) is 5.02 Å². The van der Waals surface area contributed by atoms with Gasteiger partial charge in [0.25, 0.3) is 15.9 Å². The van der Waals surface area contributed by atoms with Crippen LogP contribution in [0, 0.1) is 0 Å². The molecule has 0 aliphatic heterocycles. The van der Waals surface area contributed by atoms with Crippen molar-refractivity contribution in [3.63, 3.8) is 0 Å². The van der Waals surface area contributed by atoms with Gasteiger partial charge in [0.2, 0.25) is 0 Å². The van der Waals surface area contributed by atoms with E-state index in [9.17, 15) is 26.4 Å². The number of ether oxygens (including phenoxy) is 2. The van der Waals surface area contributed by atoms with E-state index in [4.69, 9.17) is 28.6 Å². The van der Waals surface area contributed by atoms with Crippen molar-refractivity contribution in [1.82, 2.24) is 15.4 Å². The summed E-state index contributed by atoms with van der Waals surface area (Å²) in [6.07, 6.45) is -5.08. The van der Waals surface area contributed by atoms with Crippen LogP contribution < -0.4 is 24.8 Å². The highest BCUT2D eigenvalue weighted by Crippen LogP contribution is 2.37. The molecule has 15 heteroatoms. The molecular formula is C17H17ClF3N3O5S3. The fraction of sp³-hybridized carbons (Fsp3) is 0.294. The molecule has 3 N–H and O–H groups in total. The van der Waals surface area contributed by atoms with Crippen molar-refractivity contribution >= 4 is 56.2 Å². The number of benzene rings is 1. The summed E-state index contributed by atoms with van der Waals surface area (Å²) in [7, 11) is -1.71. The van der Waals surface area contributed by atoms with Gasteiger partial charge >= 0.3 is 6.36 Å². The summed E-state index contributed by atoms with van der Waals surface area (Å²) >= 11 is 11.2. The highest BCUT2D eigenvalue weighted by Gasteiger charge is 2.36. The maximum absolute atomic E-state index is 12.7. The summed E-state index contributed by atoms with van der Waals surface area (Å²) in [6, 6.07) is 5.40. The van der Waals surface area contributed by atoms with E-state index in [1.54, 1.807) is 6.07 Å². The molecule has 0 saturated heterocycles. The Balaban J connectivity index is 2.19. The Labute approximate surface area is 196 Å². The normalized spacial score (nSPS) is 11.6. The summed E-state index contributed by atoms with van der Waals surface area (Å²) in [5.41, 5.74) is 0.167. The van der Waals surface area contributed by atoms with Gasteiger partial charge in [-0.1, -0.05) is 11.6 Å². The average molecular weight is 532 g/mol. The van der Waals surface area contributed by atoms with E-state index >= 15 is 0 Å². The summed E-state index contributed by atoms with van der Waals surface area (Å²) in [5.74, 6) is -1.14. The number of amides is 1. The maximum atomic E-state index is 12.7. The van der Waals surface area contributed by atoms with Crippen LogP contribution in [0.4, 0.5) is 13.2 Å². The van der Waals surface area contributed by atoms with Crippen molar-refractivity contribution in [2.75, 3.05) is 20.7 Å². The van der Waals surface area contributed by atoms with Crippen molar-refractivity contribution in [3.8, 4) is 11.5 Å². The Morgan fingerprint density at radius 3 is 2.53 bits per heavy atom. The molecule has 1 aromatic carbocycles. The monoisotopic (exact) mass is 531 g/mol. The molecule has 0 spiro atoms. The van der Waals surface area contributed by atoms with Crippen LogP contribution in [0.15, 0.2) is 28.5 Å². The van der Waals surface area contributed by atoms with Crippen molar-refractivity contribution in [2.24, 2.45) is 0 Å². The number of sulfonamides is 1. The van der Waals surface area contributed by atoms with Crippen LogP contribution >= 0.6 is 35.2 Å². The zero-order valence-corrected chi connectivity index (χ0v) is 19.7. The van der Waals surface area contributed by atoms with Gasteiger partial charge in [-0.15, -0.1) is 24.5 Å². The lowest BCUT2D eigenvalue weighted by atomic mass is 10.2. The number of halogens is 4. The van der Waals surface area contributed by atoms with Gasteiger partial charge in [0.05, 0.1) is 12.7 Å². The lowest BCUT2D eigenvalue weighted by Gasteiger charge is -2.11. The minimum atomic E-state index is -5.11. The fourth-order valence-corrected chi connectivity index (χ4v) is 5.38. The Morgan fingerprint density at radius 1 is 1.25 bits per heavy atom. The third-order valence-corrected chi connectivity index (χ3v) is 7.42. The number of methoxy groups -OCH3 is 1. The third-order valence-electron chi connectivity index (χ3n) is 3.70. The average Bonchev–Trinajstić information content (AvgIpc) is 3.09. The minimum absolute atomic E-state index is 0.0116. The zero-order valence-electron chi connectivity index (χ0n) is 16.5. The quantitative estimate of drug-likeness (QED) is 0.450. The predicted molar refractivity (Wildman–Crippen MR) is 117 cm³/mol. The van der Waals surface area contributed by atoms with Gasteiger partial charge in [-0.05, 0) is 42.9 Å². The Bertz CT molecular complexity index is 1110. The van der Waals surface area contributed by atoms with Crippen LogP contribution in [-0.4, -0.2) is 46.5 Å². The first-order valence-corrected chi connectivity index (χ1v) is 11.7. The van der Waals surface area contributed by atoms with E-state index < -0.39 is 32.3 Å². The first-order chi connectivity index (χ1) is 14.9. The van der Waals surface area contributed by atoms with Crippen LogP contribution in [0.1, 0.15) is 15.2 Å². The molecule has 0 aliphatic rings. The number of rotatable bonds is 8. The second-order valence-electron chi connectivity index (χ2n) is 5.95. The van der Waals surface area contributed by atoms with Gasteiger partial charge in [-0.2, -0.15) is 0 Å². The van der Waals surface area contributed by atoms with Gasteiger partial charge in [0.1, 0.15) is 5.75 Å². The molecule has 1 amide bonds. The summed E-state index contributed by atoms with van der Waals surface area (Å²) < 4.78 is 73.3. The largest absolute Gasteiger partial charge is 0.573 e. The van der Waals surface area contributed by atoms with E-state index in [1.807, 2.05) is 4.72 Å². The highest BCUT2D eigenvalue weighted by molar-refractivity contribution is 7.93. The summed E-state index contributed by atoms with van der Waals surface area (Å²) in [4.78, 5) is 12.6. The molecule has 176 valence electrons. The highest BCUT2D eigenvalue weighted by atomic mass is 35.5. The number of thiophene rings is 1. The van der Waals surface area contributed by atoms with E-state index in [1.165, 1.54) is 26.3 Å². The fourth-order valence-electron chi connectivity index (χ4n) is 2.38. The molecule has 0 unspecified atom stereocenters. The second kappa shape index (κ2) is 10.6. The Hall–Kier alpha value is -2.29. The zero-order chi connectivity index (χ0) is 24.1. The molecular weight excluding hydrogens is 515 g/mol. The lowest BCUT2D eigenvalue weighted by Crippen LogP contribution is -2.37. The van der Waals surface area contributed by atoms with Gasteiger partial charge in [-0.3, -0.25) is 9.52 Å². The van der Waals surface area contributed by atoms with E-state index in [0.717, 1.165) is 6.07 Å². The van der Waals surface area contributed by atoms with Gasteiger partial charge in [0.15, 0.2) is 15.1 Å². The molecule has 1 aromatic heterocycles. The summed E-state index contributed by atoms with van der Waals surface area (Å²) in [5, 5.41) is 4.94. The van der Waals surface area contributed by atoms with Crippen molar-refractivity contribution in [1.29, 1.82) is 0 Å². The summed E-state index contributed by atoms with van der Waals surface area (Å²) in [6.45, 7) is -0.0116. The van der Waals surface area contributed by atoms with E-state index in [0.29, 0.717) is 16.4 Å². The number of hydrogen-bond donors (Lipinski definition) is 3. The molecule has 1 heterocycles. The molecule has 2 aromatic rings. The first-order valence-electron chi connectivity index (χ1n) is 8.61. The number of carbonyl (C=O) groups excluding carboxylic acids is 1. The minimum Gasteiger partial charge on any atom is -0.496 e. The van der Waals surface area contributed by atoms with Crippen LogP contribution in [0.3, 0.4) is 0 Å². The van der Waals surface area contributed by atoms with Crippen molar-refractivity contribution < 1.29 is 35.9 Å². The van der Waals surface area contributed by atoms with Crippen molar-refractivity contribution in [3.05, 3.63) is 39.7 Å². The number of hydrogen-bond acceptors (Lipinski definition) is 7. The molecule has 8 nitrogen and oxygen atoms in total. The van der Waals surface area contributed by atoms with Gasteiger partial charge < -0.3 is 20.1 Å². The number of thiocarbonyl (C=S) groups is 1. The molecule has 0 radical (unpaired) electrons. The standard InChI is InChI=1S/C17H17ClF3N3O5S3/c1-22-16(30)24-32(26,27)15-13(29-17(19,20)21)8-10(31-15)5-6-23-14(25)11-7-9(18)3-4-12(11)28-2/h3-4,7-8H,5-6H2,1-2H3,(H,23,25)(H2,22,24,30). The molecule has 0 aliphatic carbocycles. The predicted octanol–water partition coefficient (Wildman–Crippen LogP) is 3.06. The van der Waals surface area contributed by atoms with Crippen LogP contribution in [0.25, 0.3) is 0 Å². The lowest BCUT2D eigenvalue weighted by molar-refractivity contribution is -0.275. The Kier molecular flexibility index (Phi) is 8.56. The third kappa shape index (κ3) is 7.12. The number of carbonyl (C=O) groups is 1. The van der Waals surface area contributed by atoms with E-state index in [-0.39, 0.29) is 34.3 Å². The molecule has 0 fully saturated rings. The van der Waals surface area contributed by atoms with Gasteiger partial charge in [-0.25, -0.2) is 8.42 Å². The van der Waals surface area contributed by atoms with Crippen LogP contribution in [-0.2, 0) is 16.4 Å². The van der Waals surface area contributed by atoms with Crippen molar-refractivity contribution in [2.45, 2.75) is 17.0 Å². The topological polar surface area (TPSA) is 106 Å².